The van der Waals surface area contributed by atoms with Crippen molar-refractivity contribution in [2.75, 3.05) is 5.32 Å². The van der Waals surface area contributed by atoms with E-state index in [9.17, 15) is 0 Å². The zero-order valence-corrected chi connectivity index (χ0v) is 17.0. The van der Waals surface area contributed by atoms with Crippen molar-refractivity contribution in [1.29, 1.82) is 0 Å². The molecule has 1 aromatic heterocycles. The molecule has 1 aliphatic heterocycles. The number of para-hydroxylation sites is 2. The van der Waals surface area contributed by atoms with Gasteiger partial charge in [-0.25, -0.2) is 0 Å². The van der Waals surface area contributed by atoms with Gasteiger partial charge in [-0.05, 0) is 23.3 Å². The van der Waals surface area contributed by atoms with Crippen LogP contribution in [-0.2, 0) is 11.2 Å². The molecule has 0 fully saturated rings. The number of H-pyrrole nitrogens is 1. The third-order valence-electron chi connectivity index (χ3n) is 5.90. The van der Waals surface area contributed by atoms with Gasteiger partial charge in [0.05, 0.1) is 11.6 Å². The van der Waals surface area contributed by atoms with Crippen molar-refractivity contribution in [3.05, 3.63) is 95.7 Å². The zero-order valence-electron chi connectivity index (χ0n) is 16.2. The summed E-state index contributed by atoms with van der Waals surface area (Å²) in [5.74, 6) is 0.979. The van der Waals surface area contributed by atoms with Gasteiger partial charge in [0.2, 0.25) is 0 Å². The van der Waals surface area contributed by atoms with E-state index < -0.39 is 0 Å². The second-order valence-electron chi connectivity index (χ2n) is 8.04. The van der Waals surface area contributed by atoms with Gasteiger partial charge < -0.3 is 10.3 Å². The maximum absolute atomic E-state index is 3.77. The lowest BCUT2D eigenvalue weighted by atomic mass is 9.78. The molecule has 4 aromatic rings. The summed E-state index contributed by atoms with van der Waals surface area (Å²) in [6, 6.07) is 26.2. The van der Waals surface area contributed by atoms with Gasteiger partial charge in [0.15, 0.2) is 0 Å². The first kappa shape index (κ1) is 17.4. The molecule has 2 heterocycles. The fourth-order valence-corrected chi connectivity index (χ4v) is 5.37. The molecule has 1 atom stereocenters. The van der Waals surface area contributed by atoms with Crippen LogP contribution in [0.5, 0.6) is 0 Å². The van der Waals surface area contributed by atoms with Crippen LogP contribution in [-0.4, -0.2) is 4.98 Å². The highest BCUT2D eigenvalue weighted by atomic mass is 32.2. The molecule has 0 spiro atoms. The van der Waals surface area contributed by atoms with Gasteiger partial charge in [-0.2, -0.15) is 0 Å². The predicted octanol–water partition coefficient (Wildman–Crippen LogP) is 6.90. The van der Waals surface area contributed by atoms with Crippen LogP contribution in [0.2, 0.25) is 0 Å². The number of benzene rings is 3. The summed E-state index contributed by atoms with van der Waals surface area (Å²) >= 11 is 1.89. The minimum Gasteiger partial charge on any atom is -0.377 e. The molecule has 0 radical (unpaired) electrons. The predicted molar refractivity (Wildman–Crippen MR) is 120 cm³/mol. The second kappa shape index (κ2) is 6.75. The number of aromatic nitrogens is 1. The van der Waals surface area contributed by atoms with Crippen molar-refractivity contribution >= 4 is 28.4 Å². The molecule has 0 saturated carbocycles. The fourth-order valence-electron chi connectivity index (χ4n) is 4.37. The molecule has 3 heteroatoms. The fraction of sp³-hybridized carbons (Fsp3) is 0.200. The molecule has 3 aromatic carbocycles. The summed E-state index contributed by atoms with van der Waals surface area (Å²) in [7, 11) is 0. The van der Waals surface area contributed by atoms with Gasteiger partial charge in [0.25, 0.3) is 0 Å². The molecule has 0 bridgehead atoms. The van der Waals surface area contributed by atoms with E-state index in [-0.39, 0.29) is 11.5 Å². The topological polar surface area (TPSA) is 27.8 Å². The lowest BCUT2D eigenvalue weighted by molar-refractivity contribution is 0.476. The number of fused-ring (bicyclic) bond motifs is 2. The summed E-state index contributed by atoms with van der Waals surface area (Å²) in [6.07, 6.45) is 2.20. The van der Waals surface area contributed by atoms with Crippen LogP contribution in [0.15, 0.2) is 83.9 Å². The van der Waals surface area contributed by atoms with E-state index in [4.69, 9.17) is 0 Å². The highest BCUT2D eigenvalue weighted by Crippen LogP contribution is 2.49. The van der Waals surface area contributed by atoms with E-state index in [2.05, 4.69) is 103 Å². The summed E-state index contributed by atoms with van der Waals surface area (Å²) in [6.45, 7) is 4.67. The minimum absolute atomic E-state index is 0.0406. The molecule has 2 N–H and O–H groups in total. The Balaban J connectivity index is 1.49. The quantitative estimate of drug-likeness (QED) is 0.374. The molecule has 0 saturated heterocycles. The lowest BCUT2D eigenvalue weighted by Gasteiger charge is -2.27. The van der Waals surface area contributed by atoms with Crippen molar-refractivity contribution in [3.63, 3.8) is 0 Å². The summed E-state index contributed by atoms with van der Waals surface area (Å²) in [4.78, 5) is 4.88. The monoisotopic (exact) mass is 384 g/mol. The number of thioether (sulfide) groups is 1. The number of nitrogens with one attached hydrogen (secondary N) is 2. The Morgan fingerprint density at radius 2 is 1.68 bits per heavy atom. The molecule has 0 aliphatic carbocycles. The van der Waals surface area contributed by atoms with Crippen LogP contribution in [0.25, 0.3) is 10.9 Å². The zero-order chi connectivity index (χ0) is 19.1. The Morgan fingerprint density at radius 3 is 2.50 bits per heavy atom. The molecule has 1 aliphatic rings. The third kappa shape index (κ3) is 2.82. The largest absolute Gasteiger partial charge is 0.377 e. The van der Waals surface area contributed by atoms with Gasteiger partial charge in [0.1, 0.15) is 0 Å². The SMILES string of the molecule is CC1(C)c2ccccc2NC1c1c[nH]c2c(SCc3ccccc3)cccc12. The van der Waals surface area contributed by atoms with E-state index in [1.165, 1.54) is 38.2 Å². The Morgan fingerprint density at radius 1 is 0.893 bits per heavy atom. The Kier molecular flexibility index (Phi) is 4.21. The highest BCUT2D eigenvalue weighted by Gasteiger charge is 2.40. The van der Waals surface area contributed by atoms with E-state index in [0.717, 1.165) is 5.75 Å². The van der Waals surface area contributed by atoms with Crippen LogP contribution in [0.3, 0.4) is 0 Å². The van der Waals surface area contributed by atoms with Crippen LogP contribution in [0, 0.1) is 0 Å². The third-order valence-corrected chi connectivity index (χ3v) is 7.03. The highest BCUT2D eigenvalue weighted by molar-refractivity contribution is 7.98. The average molecular weight is 385 g/mol. The maximum Gasteiger partial charge on any atom is 0.0626 e. The second-order valence-corrected chi connectivity index (χ2v) is 9.06. The first-order valence-electron chi connectivity index (χ1n) is 9.77. The number of hydrogen-bond acceptors (Lipinski definition) is 2. The first-order chi connectivity index (χ1) is 13.6. The summed E-state index contributed by atoms with van der Waals surface area (Å²) < 4.78 is 0. The van der Waals surface area contributed by atoms with Crippen molar-refractivity contribution in [2.24, 2.45) is 0 Å². The van der Waals surface area contributed by atoms with Crippen LogP contribution < -0.4 is 5.32 Å². The normalized spacial score (nSPS) is 17.4. The standard InChI is InChI=1S/C25H24N2S/c1-25(2)20-12-6-7-13-21(20)27-24(25)19-15-26-23-18(19)11-8-14-22(23)28-16-17-9-4-3-5-10-17/h3-15,24,26-27H,16H2,1-2H3. The van der Waals surface area contributed by atoms with Gasteiger partial charge in [0, 0.05) is 38.9 Å². The molecule has 5 rings (SSSR count). The van der Waals surface area contributed by atoms with Gasteiger partial charge in [-0.1, -0.05) is 74.5 Å². The van der Waals surface area contributed by atoms with E-state index >= 15 is 0 Å². The van der Waals surface area contributed by atoms with Crippen molar-refractivity contribution in [1.82, 2.24) is 4.98 Å². The van der Waals surface area contributed by atoms with Gasteiger partial charge in [-0.3, -0.25) is 0 Å². The van der Waals surface area contributed by atoms with E-state index in [0.29, 0.717) is 0 Å². The Hall–Kier alpha value is -2.65. The maximum atomic E-state index is 3.77. The molecular weight excluding hydrogens is 360 g/mol. The molecule has 140 valence electrons. The molecule has 2 nitrogen and oxygen atoms in total. The van der Waals surface area contributed by atoms with E-state index in [1.54, 1.807) is 0 Å². The number of hydrogen-bond donors (Lipinski definition) is 2. The average Bonchev–Trinajstić information content (AvgIpc) is 3.26. The van der Waals surface area contributed by atoms with Gasteiger partial charge in [-0.15, -0.1) is 11.8 Å². The first-order valence-corrected chi connectivity index (χ1v) is 10.8. The molecule has 28 heavy (non-hydrogen) atoms. The number of aromatic amines is 1. The van der Waals surface area contributed by atoms with Crippen molar-refractivity contribution in [3.8, 4) is 0 Å². The van der Waals surface area contributed by atoms with E-state index in [1.807, 2.05) is 11.8 Å². The summed E-state index contributed by atoms with van der Waals surface area (Å²) in [5, 5.41) is 5.09. The van der Waals surface area contributed by atoms with Crippen LogP contribution >= 0.6 is 11.8 Å². The van der Waals surface area contributed by atoms with Gasteiger partial charge >= 0.3 is 0 Å². The molecular formula is C25H24N2S. The lowest BCUT2D eigenvalue weighted by Crippen LogP contribution is -2.25. The van der Waals surface area contributed by atoms with Crippen molar-refractivity contribution < 1.29 is 0 Å². The summed E-state index contributed by atoms with van der Waals surface area (Å²) in [5.41, 5.74) is 6.62. The Bertz CT molecular complexity index is 1130. The van der Waals surface area contributed by atoms with Crippen LogP contribution in [0.4, 0.5) is 5.69 Å². The van der Waals surface area contributed by atoms with Crippen molar-refractivity contribution in [2.45, 2.75) is 36.0 Å². The number of anilines is 1. The van der Waals surface area contributed by atoms with Crippen LogP contribution in [0.1, 0.15) is 36.6 Å². The smallest absolute Gasteiger partial charge is 0.0626 e. The Labute approximate surface area is 170 Å². The minimum atomic E-state index is 0.0406. The molecule has 0 amide bonds. The number of rotatable bonds is 4. The molecule has 1 unspecified atom stereocenters.